The zero-order chi connectivity index (χ0) is 25.6. The van der Waals surface area contributed by atoms with E-state index in [1.165, 1.54) is 50.3 Å². The lowest BCUT2D eigenvalue weighted by molar-refractivity contribution is -0.137. The summed E-state index contributed by atoms with van der Waals surface area (Å²) in [7, 11) is 0. The average Bonchev–Trinajstić information content (AvgIpc) is 3.40. The van der Waals surface area contributed by atoms with Crippen LogP contribution in [0.3, 0.4) is 0 Å². The van der Waals surface area contributed by atoms with Crippen LogP contribution in [0.5, 0.6) is 0 Å². The Bertz CT molecular complexity index is 1220. The summed E-state index contributed by atoms with van der Waals surface area (Å²) >= 11 is 6.95. The molecular formula is C29H33N3O3S2. The molecule has 1 amide bonds. The van der Waals surface area contributed by atoms with Gasteiger partial charge in [-0.25, -0.2) is 4.68 Å². The number of carbonyl (C=O) groups is 2. The second kappa shape index (κ2) is 10.0. The molecule has 2 aromatic rings. The fraction of sp³-hybridized carbons (Fsp3) is 0.517. The largest absolute Gasteiger partial charge is 0.481 e. The number of thiocarbonyl (C=S) groups is 1. The van der Waals surface area contributed by atoms with E-state index in [0.29, 0.717) is 22.2 Å². The summed E-state index contributed by atoms with van der Waals surface area (Å²) < 4.78 is 2.57. The van der Waals surface area contributed by atoms with Crippen LogP contribution in [-0.2, 0) is 15.0 Å². The lowest BCUT2D eigenvalue weighted by Gasteiger charge is -2.56. The highest BCUT2D eigenvalue weighted by molar-refractivity contribution is 8.26. The van der Waals surface area contributed by atoms with Crippen LogP contribution in [0.15, 0.2) is 41.4 Å². The number of unbranched alkanes of at least 4 members (excludes halogenated alkanes) is 2. The van der Waals surface area contributed by atoms with Gasteiger partial charge in [-0.2, -0.15) is 5.10 Å². The number of hydrogen-bond acceptors (Lipinski definition) is 5. The summed E-state index contributed by atoms with van der Waals surface area (Å²) in [5.41, 5.74) is 3.35. The van der Waals surface area contributed by atoms with Crippen LogP contribution in [0.25, 0.3) is 11.8 Å². The lowest BCUT2D eigenvalue weighted by Crippen LogP contribution is -2.49. The number of para-hydroxylation sites is 1. The predicted molar refractivity (Wildman–Crippen MR) is 149 cm³/mol. The highest BCUT2D eigenvalue weighted by Crippen LogP contribution is 2.61. The highest BCUT2D eigenvalue weighted by atomic mass is 32.2. The van der Waals surface area contributed by atoms with Gasteiger partial charge >= 0.3 is 5.97 Å². The van der Waals surface area contributed by atoms with E-state index in [2.05, 4.69) is 18.3 Å². The minimum atomic E-state index is -0.778. The molecule has 2 heterocycles. The van der Waals surface area contributed by atoms with Crippen LogP contribution in [0.4, 0.5) is 0 Å². The molecule has 4 aliphatic carbocycles. The second-order valence-electron chi connectivity index (χ2n) is 11.4. The molecule has 1 aromatic heterocycles. The van der Waals surface area contributed by atoms with E-state index in [1.54, 1.807) is 4.90 Å². The van der Waals surface area contributed by atoms with E-state index in [1.807, 2.05) is 29.0 Å². The Balaban J connectivity index is 1.29. The molecule has 0 atom stereocenters. The van der Waals surface area contributed by atoms with Gasteiger partial charge in [-0.3, -0.25) is 14.5 Å². The second-order valence-corrected chi connectivity index (χ2v) is 13.1. The number of carbonyl (C=O) groups excluding carboxylic acids is 1. The maximum absolute atomic E-state index is 13.4. The number of benzene rings is 1. The number of thioether (sulfide) groups is 1. The summed E-state index contributed by atoms with van der Waals surface area (Å²) in [6, 6.07) is 10.2. The first-order chi connectivity index (χ1) is 17.9. The van der Waals surface area contributed by atoms with Crippen LogP contribution in [0.2, 0.25) is 0 Å². The zero-order valence-electron chi connectivity index (χ0n) is 21.0. The van der Waals surface area contributed by atoms with Crippen molar-refractivity contribution in [3.05, 3.63) is 52.7 Å². The van der Waals surface area contributed by atoms with Crippen LogP contribution >= 0.6 is 24.0 Å². The Morgan fingerprint density at radius 3 is 2.41 bits per heavy atom. The fourth-order valence-corrected chi connectivity index (χ4v) is 8.88. The SMILES string of the molecule is O=C(O)CCCCCN1C(=O)C(=Cc2cn(-c3ccccc3)nc2C23CC4CC(CC(C4)C2)C3)SC1=S. The topological polar surface area (TPSA) is 75.4 Å². The molecule has 0 unspecified atom stereocenters. The first-order valence-electron chi connectivity index (χ1n) is 13.5. The van der Waals surface area contributed by atoms with E-state index in [4.69, 9.17) is 22.4 Å². The van der Waals surface area contributed by atoms with Crippen molar-refractivity contribution >= 4 is 46.3 Å². The molecule has 0 radical (unpaired) electrons. The van der Waals surface area contributed by atoms with Gasteiger partial charge in [0.05, 0.1) is 16.3 Å². The first-order valence-corrected chi connectivity index (χ1v) is 14.8. The Morgan fingerprint density at radius 2 is 1.76 bits per heavy atom. The van der Waals surface area contributed by atoms with Crippen LogP contribution in [0, 0.1) is 17.8 Å². The molecule has 7 rings (SSSR count). The summed E-state index contributed by atoms with van der Waals surface area (Å²) in [6.07, 6.45) is 14.2. The molecule has 1 aliphatic heterocycles. The molecule has 5 aliphatic rings. The van der Waals surface area contributed by atoms with Gasteiger partial charge in [0, 0.05) is 30.1 Å². The Hall–Kier alpha value is -2.45. The summed E-state index contributed by atoms with van der Waals surface area (Å²) in [5.74, 6) is 1.59. The average molecular weight is 536 g/mol. The van der Waals surface area contributed by atoms with Gasteiger partial charge in [0.15, 0.2) is 0 Å². The smallest absolute Gasteiger partial charge is 0.303 e. The summed E-state index contributed by atoms with van der Waals surface area (Å²) in [4.78, 5) is 26.5. The van der Waals surface area contributed by atoms with Crippen molar-refractivity contribution in [2.45, 2.75) is 69.6 Å². The maximum Gasteiger partial charge on any atom is 0.303 e. The zero-order valence-corrected chi connectivity index (χ0v) is 22.6. The molecule has 5 fully saturated rings. The number of carboxylic acids is 1. The van der Waals surface area contributed by atoms with Gasteiger partial charge in [-0.05, 0) is 87.3 Å². The molecule has 37 heavy (non-hydrogen) atoms. The quantitative estimate of drug-likeness (QED) is 0.235. The minimum absolute atomic E-state index is 0.0443. The van der Waals surface area contributed by atoms with E-state index in [-0.39, 0.29) is 17.7 Å². The van der Waals surface area contributed by atoms with Crippen molar-refractivity contribution in [3.63, 3.8) is 0 Å². The molecule has 4 bridgehead atoms. The molecular weight excluding hydrogens is 502 g/mol. The van der Waals surface area contributed by atoms with Crippen molar-refractivity contribution < 1.29 is 14.7 Å². The molecule has 1 saturated heterocycles. The van der Waals surface area contributed by atoms with E-state index < -0.39 is 5.97 Å². The number of carboxylic acid groups (broad SMARTS) is 1. The molecule has 6 nitrogen and oxygen atoms in total. The first kappa shape index (κ1) is 24.9. The number of hydrogen-bond donors (Lipinski definition) is 1. The Labute approximate surface area is 227 Å². The molecule has 1 N–H and O–H groups in total. The van der Waals surface area contributed by atoms with Crippen molar-refractivity contribution in [1.29, 1.82) is 0 Å². The van der Waals surface area contributed by atoms with Gasteiger partial charge in [0.1, 0.15) is 4.32 Å². The number of aliphatic carboxylic acids is 1. The van der Waals surface area contributed by atoms with Gasteiger partial charge < -0.3 is 5.11 Å². The molecule has 194 valence electrons. The molecule has 1 aromatic carbocycles. The molecule has 0 spiro atoms. The van der Waals surface area contributed by atoms with Gasteiger partial charge in [-0.1, -0.05) is 48.6 Å². The van der Waals surface area contributed by atoms with Crippen LogP contribution in [0.1, 0.15) is 75.5 Å². The van der Waals surface area contributed by atoms with Crippen molar-refractivity contribution in [3.8, 4) is 5.69 Å². The molecule has 4 saturated carbocycles. The third-order valence-electron chi connectivity index (χ3n) is 8.74. The Kier molecular flexibility index (Phi) is 6.74. The lowest BCUT2D eigenvalue weighted by atomic mass is 9.48. The summed E-state index contributed by atoms with van der Waals surface area (Å²) in [5, 5.41) is 14.1. The maximum atomic E-state index is 13.4. The van der Waals surface area contributed by atoms with Gasteiger partial charge in [0.25, 0.3) is 5.91 Å². The van der Waals surface area contributed by atoms with Crippen molar-refractivity contribution in [1.82, 2.24) is 14.7 Å². The van der Waals surface area contributed by atoms with E-state index >= 15 is 0 Å². The third-order valence-corrected chi connectivity index (χ3v) is 10.1. The van der Waals surface area contributed by atoms with Gasteiger partial charge in [0.2, 0.25) is 0 Å². The van der Waals surface area contributed by atoms with E-state index in [0.717, 1.165) is 47.5 Å². The summed E-state index contributed by atoms with van der Waals surface area (Å²) in [6.45, 7) is 0.534. The number of aromatic nitrogens is 2. The number of nitrogens with zero attached hydrogens (tertiary/aromatic N) is 3. The van der Waals surface area contributed by atoms with Gasteiger partial charge in [-0.15, -0.1) is 0 Å². The Morgan fingerprint density at radius 1 is 1.08 bits per heavy atom. The van der Waals surface area contributed by atoms with E-state index in [9.17, 15) is 9.59 Å². The minimum Gasteiger partial charge on any atom is -0.481 e. The van der Waals surface area contributed by atoms with Crippen molar-refractivity contribution in [2.75, 3.05) is 6.54 Å². The molecule has 8 heteroatoms. The van der Waals surface area contributed by atoms with Crippen LogP contribution < -0.4 is 0 Å². The monoisotopic (exact) mass is 535 g/mol. The normalized spacial score (nSPS) is 29.6. The standard InChI is InChI=1S/C29H33N3O3S2/c33-25(34)9-5-2-6-10-31-27(35)24(37-28(31)36)14-22-18-32(23-7-3-1-4-8-23)30-26(22)29-15-19-11-20(16-29)13-21(12-19)17-29/h1,3-4,7-8,14,18-21H,2,5-6,9-13,15-17H2,(H,33,34). The third kappa shape index (κ3) is 4.90. The fourth-order valence-electron chi connectivity index (χ4n) is 7.58. The highest BCUT2D eigenvalue weighted by Gasteiger charge is 2.53. The van der Waals surface area contributed by atoms with Crippen LogP contribution in [-0.4, -0.2) is 42.5 Å². The number of amides is 1. The number of rotatable bonds is 9. The predicted octanol–water partition coefficient (Wildman–Crippen LogP) is 6.19. The van der Waals surface area contributed by atoms with Crippen molar-refractivity contribution in [2.24, 2.45) is 17.8 Å².